The van der Waals surface area contributed by atoms with E-state index in [0.29, 0.717) is 6.42 Å². The van der Waals surface area contributed by atoms with E-state index in [1.807, 2.05) is 6.92 Å². The molecule has 3 rings (SSSR count). The van der Waals surface area contributed by atoms with Crippen LogP contribution in [0, 0.1) is 30.6 Å². The summed E-state index contributed by atoms with van der Waals surface area (Å²) in [5.41, 5.74) is 0.962. The lowest BCUT2D eigenvalue weighted by molar-refractivity contribution is -0.155. The fourth-order valence-corrected chi connectivity index (χ4v) is 5.62. The van der Waals surface area contributed by atoms with Crippen molar-refractivity contribution >= 4 is 22.0 Å². The monoisotopic (exact) mass is 367 g/mol. The van der Waals surface area contributed by atoms with Gasteiger partial charge < -0.3 is 9.84 Å². The average Bonchev–Trinajstić information content (AvgIpc) is 3.12. The normalized spacial score (nSPS) is 29.4. The van der Waals surface area contributed by atoms with E-state index in [0.717, 1.165) is 5.56 Å². The smallest absolute Gasteiger partial charge is 0.309 e. The molecule has 136 valence electrons. The fraction of sp³-hybridized carbons (Fsp3) is 0.529. The second-order valence-electron chi connectivity index (χ2n) is 6.79. The predicted octanol–water partition coefficient (Wildman–Crippen LogP) is 1.13. The van der Waals surface area contributed by atoms with E-state index < -0.39 is 33.8 Å². The first-order valence-electron chi connectivity index (χ1n) is 8.13. The van der Waals surface area contributed by atoms with Gasteiger partial charge >= 0.3 is 11.9 Å². The number of aryl methyl sites for hydroxylation is 1. The van der Waals surface area contributed by atoms with Gasteiger partial charge in [-0.25, -0.2) is 8.42 Å². The van der Waals surface area contributed by atoms with Gasteiger partial charge in [-0.05, 0) is 37.3 Å². The number of carboxylic acids is 1. The zero-order valence-electron chi connectivity index (χ0n) is 14.1. The first kappa shape index (κ1) is 17.9. The number of hydrogen-bond donors (Lipinski definition) is 1. The van der Waals surface area contributed by atoms with Gasteiger partial charge in [0, 0.05) is 13.1 Å². The summed E-state index contributed by atoms with van der Waals surface area (Å²) in [5.74, 6) is -3.74. The molecule has 1 saturated heterocycles. The number of esters is 1. The van der Waals surface area contributed by atoms with Crippen molar-refractivity contribution in [1.29, 1.82) is 0 Å². The van der Waals surface area contributed by atoms with Crippen molar-refractivity contribution in [1.82, 2.24) is 4.31 Å². The molecule has 0 radical (unpaired) electrons. The van der Waals surface area contributed by atoms with E-state index in [1.54, 1.807) is 24.3 Å². The van der Waals surface area contributed by atoms with Crippen LogP contribution < -0.4 is 0 Å². The number of hydrogen-bond acceptors (Lipinski definition) is 5. The zero-order valence-corrected chi connectivity index (χ0v) is 14.9. The molecule has 1 saturated carbocycles. The number of ether oxygens (including phenoxy) is 1. The minimum Gasteiger partial charge on any atom is -0.481 e. The summed E-state index contributed by atoms with van der Waals surface area (Å²) in [7, 11) is -2.43. The molecule has 1 aliphatic heterocycles. The average molecular weight is 367 g/mol. The van der Waals surface area contributed by atoms with Crippen LogP contribution in [0.15, 0.2) is 29.2 Å². The molecule has 25 heavy (non-hydrogen) atoms. The Morgan fingerprint density at radius 3 is 2.40 bits per heavy atom. The quantitative estimate of drug-likeness (QED) is 0.801. The van der Waals surface area contributed by atoms with Crippen LogP contribution in [0.5, 0.6) is 0 Å². The number of aliphatic carboxylic acids is 1. The molecular formula is C17H21NO6S. The third kappa shape index (κ3) is 3.04. The number of rotatable bonds is 4. The predicted molar refractivity (Wildman–Crippen MR) is 88.2 cm³/mol. The molecule has 0 bridgehead atoms. The highest BCUT2D eigenvalue weighted by Gasteiger charge is 2.55. The maximum Gasteiger partial charge on any atom is 0.309 e. The van der Waals surface area contributed by atoms with E-state index in [2.05, 4.69) is 0 Å². The number of nitrogens with zero attached hydrogens (tertiary/aromatic N) is 1. The highest BCUT2D eigenvalue weighted by Crippen LogP contribution is 2.47. The maximum atomic E-state index is 12.8. The molecule has 0 aromatic heterocycles. The summed E-state index contributed by atoms with van der Waals surface area (Å²) < 4.78 is 31.7. The van der Waals surface area contributed by atoms with Gasteiger partial charge in [-0.2, -0.15) is 4.31 Å². The summed E-state index contributed by atoms with van der Waals surface area (Å²) in [6, 6.07) is 6.59. The largest absolute Gasteiger partial charge is 0.481 e. The van der Waals surface area contributed by atoms with E-state index in [9.17, 15) is 23.1 Å². The van der Waals surface area contributed by atoms with E-state index in [-0.39, 0.29) is 29.8 Å². The molecule has 8 heteroatoms. The third-order valence-corrected chi connectivity index (χ3v) is 7.20. The Kier molecular flexibility index (Phi) is 4.59. The third-order valence-electron chi connectivity index (χ3n) is 5.36. The van der Waals surface area contributed by atoms with Crippen LogP contribution in [0.3, 0.4) is 0 Å². The second-order valence-corrected chi connectivity index (χ2v) is 8.73. The highest BCUT2D eigenvalue weighted by atomic mass is 32.2. The highest BCUT2D eigenvalue weighted by molar-refractivity contribution is 7.89. The van der Waals surface area contributed by atoms with Crippen molar-refractivity contribution in [2.24, 2.45) is 23.7 Å². The zero-order chi connectivity index (χ0) is 18.4. The maximum absolute atomic E-state index is 12.8. The Morgan fingerprint density at radius 2 is 1.84 bits per heavy atom. The van der Waals surface area contributed by atoms with Crippen LogP contribution in [0.4, 0.5) is 0 Å². The molecule has 1 aliphatic carbocycles. The van der Waals surface area contributed by atoms with Crippen molar-refractivity contribution in [2.75, 3.05) is 20.2 Å². The van der Waals surface area contributed by atoms with E-state index in [1.165, 1.54) is 11.4 Å². The van der Waals surface area contributed by atoms with Gasteiger partial charge in [0.1, 0.15) is 0 Å². The van der Waals surface area contributed by atoms with Crippen molar-refractivity contribution in [3.8, 4) is 0 Å². The molecular weight excluding hydrogens is 346 g/mol. The minimum atomic E-state index is -3.67. The van der Waals surface area contributed by atoms with Gasteiger partial charge in [-0.1, -0.05) is 17.7 Å². The number of sulfonamides is 1. The van der Waals surface area contributed by atoms with Gasteiger partial charge in [-0.3, -0.25) is 9.59 Å². The van der Waals surface area contributed by atoms with Gasteiger partial charge in [0.2, 0.25) is 10.0 Å². The number of benzene rings is 1. The molecule has 0 amide bonds. The van der Waals surface area contributed by atoms with Crippen LogP contribution in [-0.2, 0) is 24.3 Å². The van der Waals surface area contributed by atoms with Gasteiger partial charge in [0.25, 0.3) is 0 Å². The molecule has 7 nitrogen and oxygen atoms in total. The fourth-order valence-electron chi connectivity index (χ4n) is 4.09. The number of fused-ring (bicyclic) bond motifs is 1. The molecule has 1 N–H and O–H groups in total. The van der Waals surface area contributed by atoms with Crippen LogP contribution in [-0.4, -0.2) is 50.0 Å². The standard InChI is InChI=1S/C17H21NO6S/c1-10-3-5-12(6-4-10)25(22,23)18-8-11-7-13(17(21)24-2)15(16(19)20)14(11)9-18/h3-6,11,13-15H,7-9H2,1-2H3,(H,19,20)/t11-,13-,14+,15+/m0/s1. The number of carbonyl (C=O) groups is 2. The summed E-state index contributed by atoms with van der Waals surface area (Å²) in [6.45, 7) is 2.23. The van der Waals surface area contributed by atoms with E-state index in [4.69, 9.17) is 4.74 Å². The van der Waals surface area contributed by atoms with Crippen LogP contribution >= 0.6 is 0 Å². The second kappa shape index (κ2) is 6.42. The summed E-state index contributed by atoms with van der Waals surface area (Å²) >= 11 is 0. The Morgan fingerprint density at radius 1 is 1.20 bits per heavy atom. The minimum absolute atomic E-state index is 0.116. The topological polar surface area (TPSA) is 101 Å². The molecule has 0 unspecified atom stereocenters. The first-order valence-corrected chi connectivity index (χ1v) is 9.57. The molecule has 4 atom stereocenters. The van der Waals surface area contributed by atoms with Crippen LogP contribution in [0.25, 0.3) is 0 Å². The van der Waals surface area contributed by atoms with Crippen molar-refractivity contribution in [3.05, 3.63) is 29.8 Å². The van der Waals surface area contributed by atoms with E-state index >= 15 is 0 Å². The molecule has 0 spiro atoms. The van der Waals surface area contributed by atoms with Crippen LogP contribution in [0.2, 0.25) is 0 Å². The van der Waals surface area contributed by atoms with Crippen LogP contribution in [0.1, 0.15) is 12.0 Å². The molecule has 1 aromatic carbocycles. The van der Waals surface area contributed by atoms with Gasteiger partial charge in [-0.15, -0.1) is 0 Å². The number of carboxylic acid groups (broad SMARTS) is 1. The van der Waals surface area contributed by atoms with Gasteiger partial charge in [0.05, 0.1) is 23.8 Å². The van der Waals surface area contributed by atoms with Crippen molar-refractivity contribution < 1.29 is 27.9 Å². The first-order chi connectivity index (χ1) is 11.8. The van der Waals surface area contributed by atoms with Crippen molar-refractivity contribution in [2.45, 2.75) is 18.2 Å². The summed E-state index contributed by atoms with van der Waals surface area (Å²) in [6.07, 6.45) is 0.341. The Labute approximate surface area is 146 Å². The lowest BCUT2D eigenvalue weighted by Crippen LogP contribution is -2.35. The molecule has 2 aliphatic rings. The molecule has 2 fully saturated rings. The SMILES string of the molecule is COC(=O)[C@H]1C[C@H]2CN(S(=O)(=O)c3ccc(C)cc3)C[C@H]2[C@@H]1C(=O)O. The Bertz CT molecular complexity index is 788. The Balaban J connectivity index is 1.84. The summed E-state index contributed by atoms with van der Waals surface area (Å²) in [4.78, 5) is 23.7. The van der Waals surface area contributed by atoms with Crippen molar-refractivity contribution in [3.63, 3.8) is 0 Å². The van der Waals surface area contributed by atoms with Gasteiger partial charge in [0.15, 0.2) is 0 Å². The summed E-state index contributed by atoms with van der Waals surface area (Å²) in [5, 5.41) is 9.54. The Hall–Kier alpha value is -1.93. The molecule has 1 aromatic rings. The number of carbonyl (C=O) groups excluding carboxylic acids is 1. The number of methoxy groups -OCH3 is 1. The lowest BCUT2D eigenvalue weighted by atomic mass is 9.88. The lowest BCUT2D eigenvalue weighted by Gasteiger charge is -2.21. The molecule has 1 heterocycles.